The van der Waals surface area contributed by atoms with Crippen LogP contribution in [0.5, 0.6) is 5.75 Å². The number of carbonyl (C=O) groups is 1. The predicted octanol–water partition coefficient (Wildman–Crippen LogP) is 2.17. The van der Waals surface area contributed by atoms with E-state index in [9.17, 15) is 18.3 Å². The second kappa shape index (κ2) is 9.97. The zero-order valence-corrected chi connectivity index (χ0v) is 20.6. The molecule has 1 fully saturated rings. The van der Waals surface area contributed by atoms with Crippen molar-refractivity contribution in [3.63, 3.8) is 0 Å². The summed E-state index contributed by atoms with van der Waals surface area (Å²) in [6, 6.07) is 4.31. The number of aromatic nitrogens is 2. The number of aliphatic hydroxyl groups excluding tert-OH is 1. The molecule has 1 amide bonds. The van der Waals surface area contributed by atoms with E-state index in [0.717, 1.165) is 24.0 Å². The lowest BCUT2D eigenvalue weighted by atomic mass is 10.0. The molecule has 10 heteroatoms. The van der Waals surface area contributed by atoms with E-state index in [0.29, 0.717) is 18.9 Å². The second-order valence-corrected chi connectivity index (χ2v) is 11.3. The third-order valence-corrected chi connectivity index (χ3v) is 8.62. The summed E-state index contributed by atoms with van der Waals surface area (Å²) in [6.45, 7) is 3.81. The minimum Gasteiger partial charge on any atom is -0.487 e. The van der Waals surface area contributed by atoms with E-state index in [1.54, 1.807) is 43.4 Å². The maximum Gasteiger partial charge on any atom is 0.247 e. The van der Waals surface area contributed by atoms with Crippen molar-refractivity contribution in [1.29, 1.82) is 0 Å². The van der Waals surface area contributed by atoms with Crippen LogP contribution in [0.2, 0.25) is 0 Å². The number of hydrogen-bond donors (Lipinski definition) is 1. The van der Waals surface area contributed by atoms with Gasteiger partial charge < -0.3 is 14.7 Å². The van der Waals surface area contributed by atoms with Crippen molar-refractivity contribution in [2.24, 2.45) is 11.8 Å². The Morgan fingerprint density at radius 2 is 1.97 bits per heavy atom. The summed E-state index contributed by atoms with van der Waals surface area (Å²) in [5, 5.41) is 9.78. The molecule has 0 radical (unpaired) electrons. The monoisotopic (exact) mass is 488 g/mol. The van der Waals surface area contributed by atoms with Gasteiger partial charge >= 0.3 is 0 Å². The number of nitrogens with zero attached hydrogens (tertiary/aromatic N) is 4. The Morgan fingerprint density at radius 3 is 2.62 bits per heavy atom. The van der Waals surface area contributed by atoms with Gasteiger partial charge in [-0.05, 0) is 43.4 Å². The van der Waals surface area contributed by atoms with Crippen LogP contribution in [-0.4, -0.2) is 77.5 Å². The lowest BCUT2D eigenvalue weighted by Gasteiger charge is -2.37. The fourth-order valence-electron chi connectivity index (χ4n) is 4.17. The third kappa shape index (κ3) is 5.24. The molecular weight excluding hydrogens is 456 g/mol. The van der Waals surface area contributed by atoms with E-state index < -0.39 is 22.2 Å². The van der Waals surface area contributed by atoms with Gasteiger partial charge in [0.15, 0.2) is 0 Å². The van der Waals surface area contributed by atoms with Gasteiger partial charge in [0.1, 0.15) is 23.1 Å². The van der Waals surface area contributed by atoms with Crippen molar-refractivity contribution in [1.82, 2.24) is 19.2 Å². The van der Waals surface area contributed by atoms with Crippen LogP contribution in [0.4, 0.5) is 0 Å². The lowest BCUT2D eigenvalue weighted by molar-refractivity contribution is -0.131. The molecule has 3 atom stereocenters. The summed E-state index contributed by atoms with van der Waals surface area (Å²) < 4.78 is 34.8. The van der Waals surface area contributed by atoms with Gasteiger partial charge in [0.05, 0.1) is 13.2 Å². The number of fused-ring (bicyclic) bond motifs is 1. The summed E-state index contributed by atoms with van der Waals surface area (Å²) in [5.41, 5.74) is 1.46. The van der Waals surface area contributed by atoms with Crippen molar-refractivity contribution in [3.05, 3.63) is 36.9 Å². The number of carbonyl (C=O) groups excluding carboxylic acids is 1. The maximum absolute atomic E-state index is 13.6. The molecule has 34 heavy (non-hydrogen) atoms. The van der Waals surface area contributed by atoms with E-state index in [1.807, 2.05) is 6.92 Å². The van der Waals surface area contributed by atoms with Gasteiger partial charge in [-0.25, -0.2) is 18.4 Å². The highest BCUT2D eigenvalue weighted by Crippen LogP contribution is 2.37. The molecule has 4 rings (SSSR count). The molecule has 2 aliphatic rings. The molecule has 1 saturated carbocycles. The van der Waals surface area contributed by atoms with Crippen LogP contribution in [0.25, 0.3) is 11.1 Å². The normalized spacial score (nSPS) is 23.2. The van der Waals surface area contributed by atoms with Crippen molar-refractivity contribution in [3.8, 4) is 16.9 Å². The highest BCUT2D eigenvalue weighted by molar-refractivity contribution is 7.89. The Kier molecular flexibility index (Phi) is 7.20. The highest BCUT2D eigenvalue weighted by Gasteiger charge is 2.38. The van der Waals surface area contributed by atoms with Crippen molar-refractivity contribution < 1.29 is 23.1 Å². The molecule has 1 aromatic heterocycles. The fourth-order valence-corrected chi connectivity index (χ4v) is 5.99. The van der Waals surface area contributed by atoms with E-state index in [-0.39, 0.29) is 35.6 Å². The van der Waals surface area contributed by atoms with E-state index in [1.165, 1.54) is 16.7 Å². The van der Waals surface area contributed by atoms with Crippen LogP contribution in [0.1, 0.15) is 33.1 Å². The topological polar surface area (TPSA) is 113 Å². The smallest absolute Gasteiger partial charge is 0.247 e. The first kappa shape index (κ1) is 24.6. The Balaban J connectivity index is 1.72. The van der Waals surface area contributed by atoms with E-state index >= 15 is 0 Å². The van der Waals surface area contributed by atoms with Crippen LogP contribution < -0.4 is 4.74 Å². The van der Waals surface area contributed by atoms with E-state index in [2.05, 4.69) is 9.97 Å². The van der Waals surface area contributed by atoms with Crippen molar-refractivity contribution in [2.75, 3.05) is 26.7 Å². The molecule has 0 unspecified atom stereocenters. The first-order chi connectivity index (χ1) is 16.2. The third-order valence-electron chi connectivity index (χ3n) is 6.60. The first-order valence-electron chi connectivity index (χ1n) is 11.6. The minimum absolute atomic E-state index is 0.0391. The van der Waals surface area contributed by atoms with Crippen LogP contribution in [0.15, 0.2) is 41.8 Å². The van der Waals surface area contributed by atoms with Crippen molar-refractivity contribution in [2.45, 2.75) is 50.2 Å². The molecule has 0 bridgehead atoms. The summed E-state index contributed by atoms with van der Waals surface area (Å²) in [4.78, 5) is 22.5. The largest absolute Gasteiger partial charge is 0.487 e. The average Bonchev–Trinajstić information content (AvgIpc) is 3.65. The molecule has 1 aromatic carbocycles. The number of hydrogen-bond acceptors (Lipinski definition) is 7. The molecule has 1 N–H and O–H groups in total. The molecule has 2 aromatic rings. The van der Waals surface area contributed by atoms with E-state index in [4.69, 9.17) is 4.74 Å². The van der Waals surface area contributed by atoms with Gasteiger partial charge in [-0.1, -0.05) is 13.0 Å². The molecule has 1 aliphatic heterocycles. The molecule has 2 heterocycles. The lowest BCUT2D eigenvalue weighted by Crippen LogP contribution is -2.50. The number of ether oxygens (including phenoxy) is 1. The zero-order valence-electron chi connectivity index (χ0n) is 19.8. The first-order valence-corrected chi connectivity index (χ1v) is 13.1. The summed E-state index contributed by atoms with van der Waals surface area (Å²) in [6.07, 6.45) is 7.03. The Labute approximate surface area is 200 Å². The van der Waals surface area contributed by atoms with Gasteiger partial charge in [-0.2, -0.15) is 4.31 Å². The summed E-state index contributed by atoms with van der Waals surface area (Å²) >= 11 is 0. The Bertz CT molecular complexity index is 1120. The zero-order chi connectivity index (χ0) is 24.5. The number of aliphatic hydroxyl groups is 1. The van der Waals surface area contributed by atoms with Gasteiger partial charge in [0.25, 0.3) is 0 Å². The number of benzene rings is 1. The number of likely N-dealkylation sites (N-methyl/N-ethyl adjacent to an activating group) is 1. The van der Waals surface area contributed by atoms with Gasteiger partial charge in [0, 0.05) is 49.9 Å². The number of rotatable bonds is 7. The minimum atomic E-state index is -3.93. The van der Waals surface area contributed by atoms with Crippen LogP contribution in [0.3, 0.4) is 0 Å². The summed E-state index contributed by atoms with van der Waals surface area (Å²) in [5.74, 6) is 0.546. The standard InChI is InChI=1S/C24H32N4O5S/c1-16-12-28(17(2)14-29)34(31,32)23-7-6-19(20-10-25-15-26-11-20)9-21(23)33-22(16)13-27(3)24(30)8-18-4-5-18/h6-7,9-11,15-18,22,29H,4-5,8,12-14H2,1-3H3/t16-,17-,22+/m0/s1. The summed E-state index contributed by atoms with van der Waals surface area (Å²) in [7, 11) is -2.16. The quantitative estimate of drug-likeness (QED) is 0.635. The van der Waals surface area contributed by atoms with Crippen LogP contribution in [0, 0.1) is 11.8 Å². The van der Waals surface area contributed by atoms with Gasteiger partial charge in [0.2, 0.25) is 15.9 Å². The molecule has 184 valence electrons. The molecular formula is C24H32N4O5S. The highest BCUT2D eigenvalue weighted by atomic mass is 32.2. The fraction of sp³-hybridized carbons (Fsp3) is 0.542. The second-order valence-electron chi connectivity index (χ2n) is 9.45. The molecule has 0 saturated heterocycles. The van der Waals surface area contributed by atoms with Gasteiger partial charge in [-0.15, -0.1) is 0 Å². The molecule has 0 spiro atoms. The SMILES string of the molecule is C[C@H]1CN([C@@H](C)CO)S(=O)(=O)c2ccc(-c3cncnc3)cc2O[C@@H]1CN(C)C(=O)CC1CC1. The number of sulfonamides is 1. The van der Waals surface area contributed by atoms with Crippen LogP contribution in [-0.2, 0) is 14.8 Å². The maximum atomic E-state index is 13.6. The van der Waals surface area contributed by atoms with Gasteiger partial charge in [-0.3, -0.25) is 4.79 Å². The molecule has 1 aliphatic carbocycles. The average molecular weight is 489 g/mol. The Morgan fingerprint density at radius 1 is 1.26 bits per heavy atom. The van der Waals surface area contributed by atoms with Crippen LogP contribution >= 0.6 is 0 Å². The molecule has 9 nitrogen and oxygen atoms in total. The number of amides is 1. The predicted molar refractivity (Wildman–Crippen MR) is 126 cm³/mol. The Hall–Kier alpha value is -2.56. The van der Waals surface area contributed by atoms with Crippen molar-refractivity contribution >= 4 is 15.9 Å².